The predicted molar refractivity (Wildman–Crippen MR) is 48.7 cm³/mol. The molecule has 4 heteroatoms. The molecule has 0 atom stereocenters. The van der Waals surface area contributed by atoms with Crippen molar-refractivity contribution in [3.8, 4) is 0 Å². The Labute approximate surface area is 83.0 Å². The summed E-state index contributed by atoms with van der Waals surface area (Å²) in [5, 5.41) is 1.19. The van der Waals surface area contributed by atoms with Crippen molar-refractivity contribution in [1.29, 1.82) is 0 Å². The molecule has 0 amide bonds. The number of ether oxygens (including phenoxy) is 3. The Kier molecular flexibility index (Phi) is 11.8. The number of methoxy groups -OCH3 is 1. The van der Waals surface area contributed by atoms with Crippen LogP contribution in [0.15, 0.2) is 0 Å². The van der Waals surface area contributed by atoms with E-state index < -0.39 is 0 Å². The molecule has 0 saturated carbocycles. The maximum absolute atomic E-state index is 5.29. The molecule has 0 bridgehead atoms. The Morgan fingerprint density at radius 3 is 2.08 bits per heavy atom. The molecule has 12 heavy (non-hydrogen) atoms. The van der Waals surface area contributed by atoms with Crippen LogP contribution in [0.25, 0.3) is 0 Å². The molecule has 0 spiro atoms. The van der Waals surface area contributed by atoms with Gasteiger partial charge < -0.3 is 0 Å². The van der Waals surface area contributed by atoms with Gasteiger partial charge in [0.1, 0.15) is 0 Å². The van der Waals surface area contributed by atoms with Gasteiger partial charge in [-0.3, -0.25) is 0 Å². The molecule has 0 heterocycles. The second kappa shape index (κ2) is 11.4. The van der Waals surface area contributed by atoms with E-state index in [0.29, 0.717) is 26.4 Å². The van der Waals surface area contributed by atoms with E-state index in [1.165, 1.54) is 5.25 Å². The molecule has 0 unspecified atom stereocenters. The first-order valence-electron chi connectivity index (χ1n) is 4.21. The molecule has 0 aromatic carbocycles. The van der Waals surface area contributed by atoms with Crippen LogP contribution in [-0.4, -0.2) is 56.7 Å². The first-order chi connectivity index (χ1) is 5.91. The molecule has 0 saturated heterocycles. The third-order valence-corrected chi connectivity index (χ3v) is 2.01. The zero-order valence-electron chi connectivity index (χ0n) is 7.67. The van der Waals surface area contributed by atoms with Crippen LogP contribution < -0.4 is 0 Å². The van der Waals surface area contributed by atoms with Crippen LogP contribution in [0.5, 0.6) is 0 Å². The molecule has 3 radical (unpaired) electrons. The quantitative estimate of drug-likeness (QED) is 0.432. The Hall–Kier alpha value is 0.423. The zero-order chi connectivity index (χ0) is 9.07. The average molecular weight is 234 g/mol. The van der Waals surface area contributed by atoms with Gasteiger partial charge in [-0.25, -0.2) is 0 Å². The van der Waals surface area contributed by atoms with Crippen LogP contribution in [0.2, 0.25) is 5.25 Å². The van der Waals surface area contributed by atoms with Gasteiger partial charge in [0.2, 0.25) is 0 Å². The van der Waals surface area contributed by atoms with Gasteiger partial charge in [0.25, 0.3) is 0 Å². The van der Waals surface area contributed by atoms with E-state index in [4.69, 9.17) is 14.2 Å². The van der Waals surface area contributed by atoms with Gasteiger partial charge in [-0.15, -0.1) is 0 Å². The minimum atomic E-state index is 0.660. The fourth-order valence-corrected chi connectivity index (χ4v) is 0.941. The van der Waals surface area contributed by atoms with Crippen molar-refractivity contribution in [3.05, 3.63) is 0 Å². The molecule has 71 valence electrons. The van der Waals surface area contributed by atoms with Crippen LogP contribution in [0.3, 0.4) is 0 Å². The van der Waals surface area contributed by atoms with Crippen LogP contribution >= 0.6 is 0 Å². The van der Waals surface area contributed by atoms with Gasteiger partial charge >= 0.3 is 82.5 Å². The molecule has 3 nitrogen and oxygen atoms in total. The maximum atomic E-state index is 5.29. The van der Waals surface area contributed by atoms with E-state index in [1.54, 1.807) is 7.11 Å². The van der Waals surface area contributed by atoms with Crippen LogP contribution in [0.4, 0.5) is 0 Å². The number of hydrogen-bond acceptors (Lipinski definition) is 3. The standard InChI is InChI=1S/C8H17GeO3/c1-10-5-6-12-8-7-11-4-2-3-9/h2-8H2,1H3. The summed E-state index contributed by atoms with van der Waals surface area (Å²) in [6, 6.07) is 0. The van der Waals surface area contributed by atoms with Crippen LogP contribution in [0.1, 0.15) is 6.42 Å². The Balaban J connectivity index is 2.73. The van der Waals surface area contributed by atoms with Crippen molar-refractivity contribution in [2.75, 3.05) is 40.1 Å². The van der Waals surface area contributed by atoms with E-state index in [1.807, 2.05) is 0 Å². The molecule has 0 rings (SSSR count). The van der Waals surface area contributed by atoms with E-state index in [0.717, 1.165) is 13.0 Å². The summed E-state index contributed by atoms with van der Waals surface area (Å²) >= 11 is 2.15. The average Bonchev–Trinajstić information content (AvgIpc) is 2.10. The monoisotopic (exact) mass is 235 g/mol. The molecular weight excluding hydrogens is 217 g/mol. The van der Waals surface area contributed by atoms with E-state index in [2.05, 4.69) is 16.5 Å². The minimum absolute atomic E-state index is 0.660. The predicted octanol–water partition coefficient (Wildman–Crippen LogP) is 0.643. The Morgan fingerprint density at radius 2 is 1.50 bits per heavy atom. The second-order valence-electron chi connectivity index (χ2n) is 2.32. The van der Waals surface area contributed by atoms with E-state index in [9.17, 15) is 0 Å². The third-order valence-electron chi connectivity index (χ3n) is 1.27. The van der Waals surface area contributed by atoms with Crippen molar-refractivity contribution < 1.29 is 14.2 Å². The normalized spacial score (nSPS) is 10.5. The van der Waals surface area contributed by atoms with Crippen molar-refractivity contribution in [2.24, 2.45) is 0 Å². The fourth-order valence-electron chi connectivity index (χ4n) is 0.638. The summed E-state index contributed by atoms with van der Waals surface area (Å²) in [6.07, 6.45) is 1.14. The van der Waals surface area contributed by atoms with Crippen LogP contribution in [-0.2, 0) is 14.2 Å². The summed E-state index contributed by atoms with van der Waals surface area (Å²) in [7, 11) is 1.67. The topological polar surface area (TPSA) is 27.7 Å². The van der Waals surface area contributed by atoms with Crippen molar-refractivity contribution in [3.63, 3.8) is 0 Å². The van der Waals surface area contributed by atoms with Gasteiger partial charge in [-0.05, 0) is 0 Å². The molecular formula is C8H17GeO3. The third kappa shape index (κ3) is 10.4. The van der Waals surface area contributed by atoms with Gasteiger partial charge in [0.15, 0.2) is 0 Å². The van der Waals surface area contributed by atoms with Gasteiger partial charge in [-0.2, -0.15) is 0 Å². The summed E-state index contributed by atoms with van der Waals surface area (Å²) in [6.45, 7) is 3.55. The van der Waals surface area contributed by atoms with E-state index >= 15 is 0 Å². The summed E-state index contributed by atoms with van der Waals surface area (Å²) in [4.78, 5) is 0. The molecule has 0 aromatic rings. The van der Waals surface area contributed by atoms with Gasteiger partial charge in [0.05, 0.1) is 0 Å². The SMILES string of the molecule is COCCOCCOCC[CH2][Ge]. The zero-order valence-corrected chi connectivity index (χ0v) is 9.77. The fraction of sp³-hybridized carbons (Fsp3) is 1.00. The molecule has 0 aliphatic rings. The van der Waals surface area contributed by atoms with E-state index in [-0.39, 0.29) is 0 Å². The molecule has 0 aliphatic carbocycles. The van der Waals surface area contributed by atoms with Crippen LogP contribution in [0, 0.1) is 0 Å². The van der Waals surface area contributed by atoms with Crippen molar-refractivity contribution >= 4 is 16.5 Å². The Morgan fingerprint density at radius 1 is 0.917 bits per heavy atom. The summed E-state index contributed by atoms with van der Waals surface area (Å²) < 4.78 is 15.3. The van der Waals surface area contributed by atoms with Crippen molar-refractivity contribution in [2.45, 2.75) is 11.7 Å². The van der Waals surface area contributed by atoms with Gasteiger partial charge in [-0.1, -0.05) is 0 Å². The number of rotatable bonds is 9. The first-order valence-corrected chi connectivity index (χ1v) is 5.69. The Bertz CT molecular complexity index is 70.7. The van der Waals surface area contributed by atoms with Crippen molar-refractivity contribution in [1.82, 2.24) is 0 Å². The molecule has 0 fully saturated rings. The second-order valence-corrected chi connectivity index (χ2v) is 3.37. The first kappa shape index (κ1) is 12.4. The number of hydrogen-bond donors (Lipinski definition) is 0. The summed E-state index contributed by atoms with van der Waals surface area (Å²) in [5.41, 5.74) is 0. The summed E-state index contributed by atoms with van der Waals surface area (Å²) in [5.74, 6) is 0. The van der Waals surface area contributed by atoms with Gasteiger partial charge in [0, 0.05) is 0 Å². The molecule has 0 N–H and O–H groups in total. The molecule has 0 aromatic heterocycles. The molecule has 0 aliphatic heterocycles.